The molecule has 1 aromatic carbocycles. The fraction of sp³-hybridized carbons (Fsp3) is 0.679. The lowest BCUT2D eigenvalue weighted by Crippen LogP contribution is -2.08. The van der Waals surface area contributed by atoms with E-state index in [4.69, 9.17) is 4.74 Å². The van der Waals surface area contributed by atoms with Crippen LogP contribution in [0.15, 0.2) is 24.3 Å². The number of fused-ring (bicyclic) bond motifs is 1. The topological polar surface area (TPSA) is 26.3 Å². The maximum Gasteiger partial charge on any atom is 0.339 e. The molecular formula is C28H42O2. The number of rotatable bonds is 0. The average Bonchev–Trinajstić information content (AvgIpc) is 2.76. The summed E-state index contributed by atoms with van der Waals surface area (Å²) >= 11 is 0. The largest absolute Gasteiger partial charge is 0.462 e. The highest BCUT2D eigenvalue weighted by atomic mass is 16.5. The molecule has 0 amide bonds. The van der Waals surface area contributed by atoms with Crippen LogP contribution < -0.4 is 0 Å². The Kier molecular flexibility index (Phi) is 13.9. The van der Waals surface area contributed by atoms with Crippen LogP contribution in [0.2, 0.25) is 0 Å². The van der Waals surface area contributed by atoms with E-state index in [0.29, 0.717) is 12.2 Å². The van der Waals surface area contributed by atoms with Gasteiger partial charge in [-0.25, -0.2) is 4.79 Å². The minimum Gasteiger partial charge on any atom is -0.462 e. The Morgan fingerprint density at radius 3 is 1.63 bits per heavy atom. The van der Waals surface area contributed by atoms with Crippen LogP contribution in [0, 0.1) is 11.8 Å². The van der Waals surface area contributed by atoms with Crippen molar-refractivity contribution in [3.63, 3.8) is 0 Å². The predicted molar refractivity (Wildman–Crippen MR) is 127 cm³/mol. The minimum atomic E-state index is -0.231. The van der Waals surface area contributed by atoms with Gasteiger partial charge in [0, 0.05) is 12.0 Å². The lowest BCUT2D eigenvalue weighted by atomic mass is 10.0. The molecule has 1 aromatic rings. The standard InChI is InChI=1S/C28H42O2/c29-28-27-24-20-19-23-26(27)22-18-16-14-12-10-8-6-4-2-1-3-5-7-9-11-13-15-17-21-25-30-28/h19-20,23-24H,1-17,21,25H2. The summed E-state index contributed by atoms with van der Waals surface area (Å²) in [5.41, 5.74) is 1.41. The highest BCUT2D eigenvalue weighted by Gasteiger charge is 2.10. The molecule has 0 spiro atoms. The van der Waals surface area contributed by atoms with Gasteiger partial charge in [0.15, 0.2) is 0 Å². The first-order valence-electron chi connectivity index (χ1n) is 12.6. The van der Waals surface area contributed by atoms with E-state index in [-0.39, 0.29) is 5.97 Å². The van der Waals surface area contributed by atoms with E-state index in [1.807, 2.05) is 24.3 Å². The summed E-state index contributed by atoms with van der Waals surface area (Å²) in [5, 5.41) is 0. The zero-order valence-corrected chi connectivity index (χ0v) is 19.1. The van der Waals surface area contributed by atoms with Gasteiger partial charge in [0.1, 0.15) is 0 Å². The van der Waals surface area contributed by atoms with E-state index in [1.54, 1.807) is 0 Å². The predicted octanol–water partition coefficient (Wildman–Crippen LogP) is 8.23. The fourth-order valence-electron chi connectivity index (χ4n) is 4.14. The summed E-state index contributed by atoms with van der Waals surface area (Å²) < 4.78 is 5.51. The monoisotopic (exact) mass is 410 g/mol. The number of benzene rings is 1. The van der Waals surface area contributed by atoms with E-state index in [9.17, 15) is 4.79 Å². The van der Waals surface area contributed by atoms with Crippen LogP contribution in [0.4, 0.5) is 0 Å². The molecule has 0 fully saturated rings. The molecule has 2 rings (SSSR count). The number of carbonyl (C=O) groups excluding carboxylic acids is 1. The van der Waals surface area contributed by atoms with Crippen LogP contribution in [0.1, 0.15) is 131 Å². The summed E-state index contributed by atoms with van der Waals surface area (Å²) in [7, 11) is 0. The zero-order valence-electron chi connectivity index (χ0n) is 19.1. The zero-order chi connectivity index (χ0) is 21.1. The lowest BCUT2D eigenvalue weighted by molar-refractivity contribution is 0.0497. The van der Waals surface area contributed by atoms with E-state index in [1.165, 1.54) is 89.9 Å². The molecule has 30 heavy (non-hydrogen) atoms. The van der Waals surface area contributed by atoms with Gasteiger partial charge in [-0.3, -0.25) is 0 Å². The second kappa shape index (κ2) is 17.0. The summed E-state index contributed by atoms with van der Waals surface area (Å²) in [6.45, 7) is 0.514. The van der Waals surface area contributed by atoms with Gasteiger partial charge in [0.25, 0.3) is 0 Å². The third-order valence-electron chi connectivity index (χ3n) is 6.05. The average molecular weight is 411 g/mol. The molecule has 0 aromatic heterocycles. The Labute approximate surface area is 185 Å². The number of esters is 1. The minimum absolute atomic E-state index is 0.231. The van der Waals surface area contributed by atoms with Crippen molar-refractivity contribution in [2.75, 3.05) is 6.61 Å². The van der Waals surface area contributed by atoms with Crippen molar-refractivity contribution in [3.05, 3.63) is 35.4 Å². The molecule has 0 radical (unpaired) electrons. The molecular weight excluding hydrogens is 368 g/mol. The highest BCUT2D eigenvalue weighted by Crippen LogP contribution is 2.15. The molecule has 0 N–H and O–H groups in total. The van der Waals surface area contributed by atoms with E-state index in [2.05, 4.69) is 11.8 Å². The van der Waals surface area contributed by atoms with Gasteiger partial charge >= 0.3 is 5.97 Å². The van der Waals surface area contributed by atoms with Crippen LogP contribution >= 0.6 is 0 Å². The Morgan fingerprint density at radius 2 is 1.07 bits per heavy atom. The lowest BCUT2D eigenvalue weighted by Gasteiger charge is -2.07. The van der Waals surface area contributed by atoms with Crippen molar-refractivity contribution < 1.29 is 9.53 Å². The maximum absolute atomic E-state index is 12.5. The quantitative estimate of drug-likeness (QED) is 0.318. The van der Waals surface area contributed by atoms with Crippen LogP contribution in [0.5, 0.6) is 0 Å². The van der Waals surface area contributed by atoms with E-state index in [0.717, 1.165) is 31.2 Å². The van der Waals surface area contributed by atoms with Crippen LogP contribution in [-0.4, -0.2) is 12.6 Å². The van der Waals surface area contributed by atoms with Crippen molar-refractivity contribution in [1.82, 2.24) is 0 Å². The number of carbonyl (C=O) groups is 1. The van der Waals surface area contributed by atoms with Gasteiger partial charge in [-0.15, -0.1) is 0 Å². The van der Waals surface area contributed by atoms with Crippen LogP contribution in [-0.2, 0) is 4.74 Å². The summed E-state index contributed by atoms with van der Waals surface area (Å²) in [6, 6.07) is 7.59. The molecule has 2 nitrogen and oxygen atoms in total. The van der Waals surface area contributed by atoms with Gasteiger partial charge < -0.3 is 4.74 Å². The molecule has 0 saturated heterocycles. The summed E-state index contributed by atoms with van der Waals surface area (Å²) in [4.78, 5) is 12.5. The van der Waals surface area contributed by atoms with Crippen molar-refractivity contribution in [2.24, 2.45) is 0 Å². The van der Waals surface area contributed by atoms with Crippen molar-refractivity contribution in [1.29, 1.82) is 0 Å². The Hall–Kier alpha value is -1.75. The smallest absolute Gasteiger partial charge is 0.339 e. The SMILES string of the molecule is O=C1OCCCCCCCCCCCCCCCCCCCC#Cc2ccccc21. The van der Waals surface area contributed by atoms with Gasteiger partial charge in [-0.05, 0) is 25.0 Å². The fourth-order valence-corrected chi connectivity index (χ4v) is 4.14. The number of hydrogen-bond donors (Lipinski definition) is 0. The summed E-state index contributed by atoms with van der Waals surface area (Å²) in [5.74, 6) is 6.23. The van der Waals surface area contributed by atoms with Crippen molar-refractivity contribution >= 4 is 5.97 Å². The normalized spacial score (nSPS) is 19.8. The maximum atomic E-state index is 12.5. The molecule has 0 saturated carbocycles. The Bertz CT molecular complexity index is 638. The third kappa shape index (κ3) is 11.4. The first kappa shape index (κ1) is 24.5. The first-order valence-corrected chi connectivity index (χ1v) is 12.6. The number of hydrogen-bond acceptors (Lipinski definition) is 2. The van der Waals surface area contributed by atoms with Gasteiger partial charge in [-0.1, -0.05) is 120 Å². The van der Waals surface area contributed by atoms with E-state index >= 15 is 0 Å². The second-order valence-electron chi connectivity index (χ2n) is 8.74. The molecule has 2 heteroatoms. The molecule has 0 bridgehead atoms. The van der Waals surface area contributed by atoms with Crippen molar-refractivity contribution in [3.8, 4) is 11.8 Å². The van der Waals surface area contributed by atoms with Gasteiger partial charge in [0.05, 0.1) is 12.2 Å². The molecule has 1 heterocycles. The molecule has 1 aliphatic heterocycles. The van der Waals surface area contributed by atoms with Crippen LogP contribution in [0.25, 0.3) is 0 Å². The van der Waals surface area contributed by atoms with Gasteiger partial charge in [0.2, 0.25) is 0 Å². The third-order valence-corrected chi connectivity index (χ3v) is 6.05. The Morgan fingerprint density at radius 1 is 0.600 bits per heavy atom. The van der Waals surface area contributed by atoms with E-state index < -0.39 is 0 Å². The molecule has 0 aliphatic carbocycles. The van der Waals surface area contributed by atoms with Crippen LogP contribution in [0.3, 0.4) is 0 Å². The van der Waals surface area contributed by atoms with Gasteiger partial charge in [-0.2, -0.15) is 0 Å². The Balaban J connectivity index is 1.79. The molecule has 0 unspecified atom stereocenters. The van der Waals surface area contributed by atoms with Crippen molar-refractivity contribution in [2.45, 2.75) is 116 Å². The number of cyclic esters (lactones) is 1. The first-order chi connectivity index (χ1) is 14.9. The number of ether oxygens (including phenoxy) is 1. The highest BCUT2D eigenvalue weighted by molar-refractivity contribution is 5.92. The molecule has 166 valence electrons. The molecule has 1 aliphatic rings. The second-order valence-corrected chi connectivity index (χ2v) is 8.74. The molecule has 0 atom stereocenters. The summed E-state index contributed by atoms with van der Waals surface area (Å²) in [6.07, 6.45) is 23.3.